The first-order chi connectivity index (χ1) is 3.79. The Labute approximate surface area is 53.2 Å². The largest absolute Gasteiger partial charge is 0.298 e. The predicted octanol–water partition coefficient (Wildman–Crippen LogP) is 1.60. The van der Waals surface area contributed by atoms with Crippen LogP contribution in [0, 0.1) is 0 Å². The number of rotatable bonds is 0. The summed E-state index contributed by atoms with van der Waals surface area (Å²) in [6, 6.07) is 0. The smallest absolute Gasteiger partial charge is 0.147 e. The van der Waals surface area contributed by atoms with E-state index in [1.54, 1.807) is 11.8 Å². The Morgan fingerprint density at radius 3 is 2.88 bits per heavy atom. The van der Waals surface area contributed by atoms with Gasteiger partial charge in [-0.25, -0.2) is 0 Å². The van der Waals surface area contributed by atoms with Gasteiger partial charge in [0.25, 0.3) is 0 Å². The SMILES string of the molecule is CC1=CSCC(=O)C1. The van der Waals surface area contributed by atoms with Gasteiger partial charge in [-0.1, -0.05) is 5.57 Å². The fourth-order valence-electron chi connectivity index (χ4n) is 0.681. The van der Waals surface area contributed by atoms with Gasteiger partial charge in [0.05, 0.1) is 5.75 Å². The van der Waals surface area contributed by atoms with Crippen molar-refractivity contribution in [3.05, 3.63) is 11.0 Å². The van der Waals surface area contributed by atoms with E-state index in [0.717, 1.165) is 0 Å². The molecule has 0 aliphatic carbocycles. The lowest BCUT2D eigenvalue weighted by Crippen LogP contribution is -2.04. The van der Waals surface area contributed by atoms with Crippen molar-refractivity contribution in [2.24, 2.45) is 0 Å². The molecule has 2 heteroatoms. The fraction of sp³-hybridized carbons (Fsp3) is 0.500. The molecule has 0 bridgehead atoms. The molecule has 0 aromatic carbocycles. The average Bonchev–Trinajstić information content (AvgIpc) is 1.64. The molecule has 0 spiro atoms. The molecule has 0 aromatic rings. The van der Waals surface area contributed by atoms with Gasteiger partial charge in [0.2, 0.25) is 0 Å². The monoisotopic (exact) mass is 128 g/mol. The van der Waals surface area contributed by atoms with E-state index in [1.807, 2.05) is 6.92 Å². The molecule has 0 radical (unpaired) electrons. The Morgan fingerprint density at radius 2 is 2.50 bits per heavy atom. The third-order valence-corrected chi connectivity index (χ3v) is 2.06. The maximum atomic E-state index is 10.6. The van der Waals surface area contributed by atoms with E-state index in [2.05, 4.69) is 5.41 Å². The Hall–Kier alpha value is -0.240. The average molecular weight is 128 g/mol. The Balaban J connectivity index is 2.57. The van der Waals surface area contributed by atoms with Crippen molar-refractivity contribution in [2.45, 2.75) is 13.3 Å². The minimum absolute atomic E-state index is 0.356. The minimum atomic E-state index is 0.356. The molecule has 1 aliphatic heterocycles. The molecular formula is C6H8OS. The number of hydrogen-bond acceptors (Lipinski definition) is 2. The van der Waals surface area contributed by atoms with Crippen molar-refractivity contribution in [1.82, 2.24) is 0 Å². The number of hydrogen-bond donors (Lipinski definition) is 0. The molecule has 0 atom stereocenters. The molecule has 0 N–H and O–H groups in total. The number of allylic oxidation sites excluding steroid dienone is 1. The Kier molecular flexibility index (Phi) is 1.73. The molecule has 1 heterocycles. The zero-order valence-corrected chi connectivity index (χ0v) is 5.62. The summed E-state index contributed by atoms with van der Waals surface area (Å²) in [5.74, 6) is 1.03. The van der Waals surface area contributed by atoms with Gasteiger partial charge in [-0.3, -0.25) is 4.79 Å². The van der Waals surface area contributed by atoms with E-state index in [0.29, 0.717) is 18.0 Å². The normalized spacial score (nSPS) is 20.6. The number of thioether (sulfide) groups is 1. The van der Waals surface area contributed by atoms with Gasteiger partial charge in [-0.15, -0.1) is 11.8 Å². The van der Waals surface area contributed by atoms with Crippen LogP contribution in [0.4, 0.5) is 0 Å². The zero-order chi connectivity index (χ0) is 5.98. The highest BCUT2D eigenvalue weighted by molar-refractivity contribution is 8.02. The first kappa shape index (κ1) is 5.89. The number of carbonyl (C=O) groups excluding carboxylic acids is 1. The second kappa shape index (κ2) is 2.35. The molecule has 1 aliphatic rings. The summed E-state index contributed by atoms with van der Waals surface area (Å²) in [4.78, 5) is 10.6. The summed E-state index contributed by atoms with van der Waals surface area (Å²) in [7, 11) is 0. The van der Waals surface area contributed by atoms with Crippen LogP contribution in [0.25, 0.3) is 0 Å². The standard InChI is InChI=1S/C6H8OS/c1-5-2-6(7)4-8-3-5/h3H,2,4H2,1H3. The summed E-state index contributed by atoms with van der Waals surface area (Å²) in [5.41, 5.74) is 1.20. The van der Waals surface area contributed by atoms with E-state index >= 15 is 0 Å². The second-order valence-corrected chi connectivity index (χ2v) is 2.85. The topological polar surface area (TPSA) is 17.1 Å². The summed E-state index contributed by atoms with van der Waals surface area (Å²) >= 11 is 1.60. The molecule has 0 fully saturated rings. The fourth-order valence-corrected chi connectivity index (χ4v) is 1.42. The van der Waals surface area contributed by atoms with Crippen molar-refractivity contribution in [3.8, 4) is 0 Å². The zero-order valence-electron chi connectivity index (χ0n) is 4.81. The summed E-state index contributed by atoms with van der Waals surface area (Å²) < 4.78 is 0. The molecule has 0 saturated carbocycles. The highest BCUT2D eigenvalue weighted by Crippen LogP contribution is 2.17. The lowest BCUT2D eigenvalue weighted by atomic mass is 10.2. The number of ketones is 1. The summed E-state index contributed by atoms with van der Waals surface area (Å²) in [6.45, 7) is 1.99. The van der Waals surface area contributed by atoms with Crippen LogP contribution in [0.15, 0.2) is 11.0 Å². The molecular weight excluding hydrogens is 120 g/mol. The lowest BCUT2D eigenvalue weighted by Gasteiger charge is -2.04. The Morgan fingerprint density at radius 1 is 1.75 bits per heavy atom. The van der Waals surface area contributed by atoms with Gasteiger partial charge < -0.3 is 0 Å². The third kappa shape index (κ3) is 1.37. The summed E-state index contributed by atoms with van der Waals surface area (Å²) in [5, 5.41) is 2.06. The molecule has 1 nitrogen and oxygen atoms in total. The van der Waals surface area contributed by atoms with Crippen LogP contribution in [0.3, 0.4) is 0 Å². The first-order valence-electron chi connectivity index (χ1n) is 2.58. The van der Waals surface area contributed by atoms with Crippen LogP contribution in [0.5, 0.6) is 0 Å². The van der Waals surface area contributed by atoms with Crippen molar-refractivity contribution in [3.63, 3.8) is 0 Å². The Bertz CT molecular complexity index is 137. The highest BCUT2D eigenvalue weighted by Gasteiger charge is 2.06. The van der Waals surface area contributed by atoms with E-state index in [-0.39, 0.29) is 0 Å². The predicted molar refractivity (Wildman–Crippen MR) is 35.8 cm³/mol. The van der Waals surface area contributed by atoms with Gasteiger partial charge in [-0.2, -0.15) is 0 Å². The molecule has 8 heavy (non-hydrogen) atoms. The maximum Gasteiger partial charge on any atom is 0.147 e. The molecule has 0 aromatic heterocycles. The minimum Gasteiger partial charge on any atom is -0.298 e. The molecule has 1 rings (SSSR count). The summed E-state index contributed by atoms with van der Waals surface area (Å²) in [6.07, 6.45) is 0.674. The number of carbonyl (C=O) groups is 1. The lowest BCUT2D eigenvalue weighted by molar-refractivity contribution is -0.116. The van der Waals surface area contributed by atoms with E-state index in [4.69, 9.17) is 0 Å². The van der Waals surface area contributed by atoms with Gasteiger partial charge in [-0.05, 0) is 12.3 Å². The molecule has 44 valence electrons. The van der Waals surface area contributed by atoms with Crippen molar-refractivity contribution >= 4 is 17.5 Å². The van der Waals surface area contributed by atoms with Crippen molar-refractivity contribution < 1.29 is 4.79 Å². The van der Waals surface area contributed by atoms with Gasteiger partial charge in [0, 0.05) is 6.42 Å². The van der Waals surface area contributed by atoms with E-state index < -0.39 is 0 Å². The molecule has 0 amide bonds. The van der Waals surface area contributed by atoms with Crippen LogP contribution < -0.4 is 0 Å². The van der Waals surface area contributed by atoms with Gasteiger partial charge in [0.1, 0.15) is 5.78 Å². The van der Waals surface area contributed by atoms with Crippen LogP contribution in [-0.4, -0.2) is 11.5 Å². The van der Waals surface area contributed by atoms with Gasteiger partial charge in [0.15, 0.2) is 0 Å². The van der Waals surface area contributed by atoms with E-state index in [1.165, 1.54) is 5.57 Å². The van der Waals surface area contributed by atoms with Gasteiger partial charge >= 0.3 is 0 Å². The quantitative estimate of drug-likeness (QED) is 0.493. The maximum absolute atomic E-state index is 10.6. The van der Waals surface area contributed by atoms with Crippen molar-refractivity contribution in [1.29, 1.82) is 0 Å². The van der Waals surface area contributed by atoms with Crippen LogP contribution in [-0.2, 0) is 4.79 Å². The van der Waals surface area contributed by atoms with Crippen molar-refractivity contribution in [2.75, 3.05) is 5.75 Å². The first-order valence-corrected chi connectivity index (χ1v) is 3.63. The van der Waals surface area contributed by atoms with Crippen LogP contribution in [0.2, 0.25) is 0 Å². The highest BCUT2D eigenvalue weighted by atomic mass is 32.2. The van der Waals surface area contributed by atoms with Crippen LogP contribution >= 0.6 is 11.8 Å². The molecule has 0 unspecified atom stereocenters. The van der Waals surface area contributed by atoms with E-state index in [9.17, 15) is 4.79 Å². The third-order valence-electron chi connectivity index (χ3n) is 1.00. The van der Waals surface area contributed by atoms with Crippen LogP contribution in [0.1, 0.15) is 13.3 Å². The molecule has 0 saturated heterocycles. The second-order valence-electron chi connectivity index (χ2n) is 1.99. The number of Topliss-reactive ketones (excluding diaryl/α,β-unsaturated/α-hetero) is 1.